The van der Waals surface area contributed by atoms with Crippen LogP contribution in [0.2, 0.25) is 0 Å². The van der Waals surface area contributed by atoms with Crippen molar-refractivity contribution in [3.63, 3.8) is 0 Å². The van der Waals surface area contributed by atoms with E-state index in [1.807, 2.05) is 48.5 Å². The number of alkyl halides is 1. The van der Waals surface area contributed by atoms with Crippen LogP contribution in [0.15, 0.2) is 48.5 Å². The average Bonchev–Trinajstić information content (AvgIpc) is 2.47. The lowest BCUT2D eigenvalue weighted by Crippen LogP contribution is -2.11. The van der Waals surface area contributed by atoms with Crippen LogP contribution in [-0.4, -0.2) is 5.91 Å². The Labute approximate surface area is 118 Å². The summed E-state index contributed by atoms with van der Waals surface area (Å²) in [5.41, 5.74) is 3.64. The Morgan fingerprint density at radius 2 is 1.84 bits per heavy atom. The van der Waals surface area contributed by atoms with Gasteiger partial charge in [0.1, 0.15) is 0 Å². The van der Waals surface area contributed by atoms with Gasteiger partial charge in [0.25, 0.3) is 5.91 Å². The molecule has 0 heterocycles. The van der Waals surface area contributed by atoms with Gasteiger partial charge in [-0.25, -0.2) is 0 Å². The highest BCUT2D eigenvalue weighted by molar-refractivity contribution is 6.17. The summed E-state index contributed by atoms with van der Waals surface area (Å²) in [4.78, 5) is 12.1. The van der Waals surface area contributed by atoms with Crippen LogP contribution in [-0.2, 0) is 12.3 Å². The number of hydrogen-bond donors (Lipinski definition) is 1. The number of amides is 1. The van der Waals surface area contributed by atoms with Crippen molar-refractivity contribution in [1.82, 2.24) is 0 Å². The lowest BCUT2D eigenvalue weighted by atomic mass is 10.1. The standard InChI is InChI=1S/C16H16ClNO/c1-2-12-6-8-14(9-7-12)16(19)18-15-5-3-4-13(10-15)11-17/h3-10H,2,11H2,1H3,(H,18,19). The van der Waals surface area contributed by atoms with Gasteiger partial charge in [0, 0.05) is 17.1 Å². The summed E-state index contributed by atoms with van der Waals surface area (Å²) in [5.74, 6) is 0.337. The molecular formula is C16H16ClNO. The fourth-order valence-corrected chi connectivity index (χ4v) is 1.99. The molecule has 19 heavy (non-hydrogen) atoms. The fraction of sp³-hybridized carbons (Fsp3) is 0.188. The summed E-state index contributed by atoms with van der Waals surface area (Å²) in [5, 5.41) is 2.87. The summed E-state index contributed by atoms with van der Waals surface area (Å²) in [6.45, 7) is 2.09. The van der Waals surface area contributed by atoms with E-state index in [1.165, 1.54) is 5.56 Å². The molecular weight excluding hydrogens is 258 g/mol. The quantitative estimate of drug-likeness (QED) is 0.830. The van der Waals surface area contributed by atoms with E-state index in [1.54, 1.807) is 0 Å². The molecule has 0 radical (unpaired) electrons. The minimum absolute atomic E-state index is 0.102. The predicted molar refractivity (Wildman–Crippen MR) is 79.8 cm³/mol. The number of nitrogens with one attached hydrogen (secondary N) is 1. The molecule has 0 bridgehead atoms. The number of benzene rings is 2. The van der Waals surface area contributed by atoms with Gasteiger partial charge in [0.2, 0.25) is 0 Å². The van der Waals surface area contributed by atoms with Gasteiger partial charge < -0.3 is 5.32 Å². The molecule has 0 aliphatic heterocycles. The molecule has 0 spiro atoms. The summed E-state index contributed by atoms with van der Waals surface area (Å²) >= 11 is 5.77. The smallest absolute Gasteiger partial charge is 0.255 e. The van der Waals surface area contributed by atoms with Crippen LogP contribution in [0.4, 0.5) is 5.69 Å². The predicted octanol–water partition coefficient (Wildman–Crippen LogP) is 4.24. The maximum absolute atomic E-state index is 12.1. The number of halogens is 1. The van der Waals surface area contributed by atoms with Crippen LogP contribution in [0.3, 0.4) is 0 Å². The third-order valence-electron chi connectivity index (χ3n) is 2.96. The maximum Gasteiger partial charge on any atom is 0.255 e. The normalized spacial score (nSPS) is 10.2. The van der Waals surface area contributed by atoms with Gasteiger partial charge in [-0.1, -0.05) is 31.2 Å². The van der Waals surface area contributed by atoms with E-state index in [2.05, 4.69) is 12.2 Å². The van der Waals surface area contributed by atoms with E-state index in [4.69, 9.17) is 11.6 Å². The summed E-state index contributed by atoms with van der Waals surface area (Å²) in [6.07, 6.45) is 0.972. The minimum atomic E-state index is -0.102. The van der Waals surface area contributed by atoms with E-state index < -0.39 is 0 Å². The molecule has 2 aromatic rings. The van der Waals surface area contributed by atoms with Gasteiger partial charge in [0.05, 0.1) is 0 Å². The van der Waals surface area contributed by atoms with Gasteiger partial charge in [0.15, 0.2) is 0 Å². The van der Waals surface area contributed by atoms with Crippen LogP contribution < -0.4 is 5.32 Å². The van der Waals surface area contributed by atoms with E-state index in [0.29, 0.717) is 11.4 Å². The van der Waals surface area contributed by atoms with Crippen LogP contribution in [0.1, 0.15) is 28.4 Å². The Morgan fingerprint density at radius 1 is 1.11 bits per heavy atom. The van der Waals surface area contributed by atoms with Crippen molar-refractivity contribution in [3.8, 4) is 0 Å². The molecule has 98 valence electrons. The summed E-state index contributed by atoms with van der Waals surface area (Å²) in [6, 6.07) is 15.2. The zero-order valence-corrected chi connectivity index (χ0v) is 11.6. The third kappa shape index (κ3) is 3.58. The Kier molecular flexibility index (Phi) is 4.58. The first-order chi connectivity index (χ1) is 9.22. The molecule has 2 nitrogen and oxygen atoms in total. The molecule has 2 rings (SSSR count). The molecule has 0 saturated heterocycles. The maximum atomic E-state index is 12.1. The van der Waals surface area contributed by atoms with Crippen LogP contribution in [0.5, 0.6) is 0 Å². The average molecular weight is 274 g/mol. The number of carbonyl (C=O) groups is 1. The van der Waals surface area contributed by atoms with Gasteiger partial charge in [-0.05, 0) is 41.8 Å². The number of hydrogen-bond acceptors (Lipinski definition) is 1. The molecule has 1 amide bonds. The molecule has 0 saturated carbocycles. The fourth-order valence-electron chi connectivity index (χ4n) is 1.83. The second kappa shape index (κ2) is 6.39. The zero-order chi connectivity index (χ0) is 13.7. The highest BCUT2D eigenvalue weighted by atomic mass is 35.5. The number of rotatable bonds is 4. The SMILES string of the molecule is CCc1ccc(C(=O)Nc2cccc(CCl)c2)cc1. The van der Waals surface area contributed by atoms with Crippen LogP contribution in [0.25, 0.3) is 0 Å². The molecule has 0 aromatic heterocycles. The molecule has 0 fully saturated rings. The Hall–Kier alpha value is -1.80. The molecule has 0 aliphatic carbocycles. The van der Waals surface area contributed by atoms with Gasteiger partial charge in [-0.15, -0.1) is 11.6 Å². The van der Waals surface area contributed by atoms with Crippen LogP contribution >= 0.6 is 11.6 Å². The van der Waals surface area contributed by atoms with Gasteiger partial charge in [-0.3, -0.25) is 4.79 Å². The molecule has 3 heteroatoms. The van der Waals surface area contributed by atoms with E-state index in [9.17, 15) is 4.79 Å². The van der Waals surface area contributed by atoms with Crippen molar-refractivity contribution < 1.29 is 4.79 Å². The number of carbonyl (C=O) groups excluding carboxylic acids is 1. The Morgan fingerprint density at radius 3 is 2.47 bits per heavy atom. The monoisotopic (exact) mass is 273 g/mol. The Balaban J connectivity index is 2.11. The lowest BCUT2D eigenvalue weighted by Gasteiger charge is -2.07. The van der Waals surface area contributed by atoms with E-state index in [-0.39, 0.29) is 5.91 Å². The van der Waals surface area contributed by atoms with Gasteiger partial charge in [-0.2, -0.15) is 0 Å². The first-order valence-electron chi connectivity index (χ1n) is 6.28. The molecule has 2 aromatic carbocycles. The largest absolute Gasteiger partial charge is 0.322 e. The topological polar surface area (TPSA) is 29.1 Å². The Bertz CT molecular complexity index is 563. The first kappa shape index (κ1) is 13.6. The van der Waals surface area contributed by atoms with Crippen molar-refractivity contribution >= 4 is 23.2 Å². The highest BCUT2D eigenvalue weighted by Crippen LogP contribution is 2.14. The minimum Gasteiger partial charge on any atom is -0.322 e. The van der Waals surface area contributed by atoms with Gasteiger partial charge >= 0.3 is 0 Å². The number of aryl methyl sites for hydroxylation is 1. The van der Waals surface area contributed by atoms with E-state index in [0.717, 1.165) is 17.7 Å². The van der Waals surface area contributed by atoms with Crippen molar-refractivity contribution in [3.05, 3.63) is 65.2 Å². The highest BCUT2D eigenvalue weighted by Gasteiger charge is 2.06. The van der Waals surface area contributed by atoms with Crippen molar-refractivity contribution in [2.24, 2.45) is 0 Å². The molecule has 1 N–H and O–H groups in total. The zero-order valence-electron chi connectivity index (χ0n) is 10.8. The molecule has 0 aliphatic rings. The third-order valence-corrected chi connectivity index (χ3v) is 3.27. The molecule has 0 atom stereocenters. The second-order valence-corrected chi connectivity index (χ2v) is 4.61. The van der Waals surface area contributed by atoms with Crippen LogP contribution in [0, 0.1) is 0 Å². The summed E-state index contributed by atoms with van der Waals surface area (Å²) in [7, 11) is 0. The number of anilines is 1. The molecule has 0 unspecified atom stereocenters. The first-order valence-corrected chi connectivity index (χ1v) is 6.81. The lowest BCUT2D eigenvalue weighted by molar-refractivity contribution is 0.102. The van der Waals surface area contributed by atoms with Crippen molar-refractivity contribution in [1.29, 1.82) is 0 Å². The van der Waals surface area contributed by atoms with Crippen molar-refractivity contribution in [2.75, 3.05) is 5.32 Å². The second-order valence-electron chi connectivity index (χ2n) is 4.34. The van der Waals surface area contributed by atoms with E-state index >= 15 is 0 Å². The summed E-state index contributed by atoms with van der Waals surface area (Å²) < 4.78 is 0. The van der Waals surface area contributed by atoms with Crippen molar-refractivity contribution in [2.45, 2.75) is 19.2 Å².